The fourth-order valence-corrected chi connectivity index (χ4v) is 0.989. The van der Waals surface area contributed by atoms with Gasteiger partial charge in [-0.2, -0.15) is 0 Å². The van der Waals surface area contributed by atoms with E-state index in [9.17, 15) is 9.59 Å². The van der Waals surface area contributed by atoms with Crippen LogP contribution in [0.1, 0.15) is 10.4 Å². The van der Waals surface area contributed by atoms with Gasteiger partial charge in [0.2, 0.25) is 0 Å². The van der Waals surface area contributed by atoms with Crippen molar-refractivity contribution < 1.29 is 14.3 Å². The standard InChI is InChI=1S/C12H11NO3/c1-2-8-13-11(14)9-16-12(15)10-6-4-3-5-7-10/h1,3-7H,8-9H2,(H,13,14). The zero-order valence-electron chi connectivity index (χ0n) is 8.60. The Balaban J connectivity index is 2.37. The molecule has 0 bridgehead atoms. The Morgan fingerprint density at radius 3 is 2.62 bits per heavy atom. The number of nitrogens with one attached hydrogen (secondary N) is 1. The van der Waals surface area contributed by atoms with Crippen molar-refractivity contribution in [1.29, 1.82) is 0 Å². The van der Waals surface area contributed by atoms with Gasteiger partial charge in [-0.1, -0.05) is 24.1 Å². The van der Waals surface area contributed by atoms with Gasteiger partial charge in [0, 0.05) is 0 Å². The van der Waals surface area contributed by atoms with E-state index < -0.39 is 11.9 Å². The molecule has 0 atom stereocenters. The predicted octanol–water partition coefficient (Wildman–Crippen LogP) is 0.593. The molecule has 0 unspecified atom stereocenters. The van der Waals surface area contributed by atoms with E-state index in [1.165, 1.54) is 0 Å². The topological polar surface area (TPSA) is 55.4 Å². The zero-order chi connectivity index (χ0) is 11.8. The van der Waals surface area contributed by atoms with E-state index in [0.717, 1.165) is 0 Å². The molecule has 0 aliphatic rings. The normalized spacial score (nSPS) is 8.94. The molecule has 0 saturated heterocycles. The number of hydrogen-bond acceptors (Lipinski definition) is 3. The summed E-state index contributed by atoms with van der Waals surface area (Å²) in [5, 5.41) is 2.39. The number of esters is 1. The molecule has 0 aliphatic carbocycles. The number of ether oxygens (including phenoxy) is 1. The summed E-state index contributed by atoms with van der Waals surface area (Å²) in [6.07, 6.45) is 4.95. The molecule has 1 aromatic rings. The van der Waals surface area contributed by atoms with Gasteiger partial charge in [-0.05, 0) is 12.1 Å². The third-order valence-corrected chi connectivity index (χ3v) is 1.73. The molecule has 0 aromatic heterocycles. The highest BCUT2D eigenvalue weighted by Gasteiger charge is 2.08. The Morgan fingerprint density at radius 1 is 1.31 bits per heavy atom. The van der Waals surface area contributed by atoms with Crippen molar-refractivity contribution in [3.8, 4) is 12.3 Å². The van der Waals surface area contributed by atoms with Crippen molar-refractivity contribution in [2.24, 2.45) is 0 Å². The first-order chi connectivity index (χ1) is 7.74. The number of benzene rings is 1. The van der Waals surface area contributed by atoms with Crippen molar-refractivity contribution in [3.63, 3.8) is 0 Å². The van der Waals surface area contributed by atoms with Crippen LogP contribution in [-0.4, -0.2) is 25.0 Å². The first-order valence-corrected chi connectivity index (χ1v) is 4.66. The summed E-state index contributed by atoms with van der Waals surface area (Å²) in [6.45, 7) is -0.197. The van der Waals surface area contributed by atoms with Gasteiger partial charge in [-0.15, -0.1) is 6.42 Å². The Hall–Kier alpha value is -2.28. The lowest BCUT2D eigenvalue weighted by molar-refractivity contribution is -0.123. The third-order valence-electron chi connectivity index (χ3n) is 1.73. The highest BCUT2D eigenvalue weighted by molar-refractivity contribution is 5.91. The van der Waals surface area contributed by atoms with E-state index in [-0.39, 0.29) is 13.2 Å². The van der Waals surface area contributed by atoms with Crippen molar-refractivity contribution in [1.82, 2.24) is 5.32 Å². The van der Waals surface area contributed by atoms with Crippen LogP contribution in [0.25, 0.3) is 0 Å². The lowest BCUT2D eigenvalue weighted by Crippen LogP contribution is -2.28. The number of amides is 1. The van der Waals surface area contributed by atoms with Crippen LogP contribution in [0.15, 0.2) is 30.3 Å². The first-order valence-electron chi connectivity index (χ1n) is 4.66. The highest BCUT2D eigenvalue weighted by atomic mass is 16.5. The molecule has 1 amide bonds. The minimum atomic E-state index is -0.531. The Morgan fingerprint density at radius 2 is 2.00 bits per heavy atom. The van der Waals surface area contributed by atoms with Crippen LogP contribution in [0.2, 0.25) is 0 Å². The number of hydrogen-bond donors (Lipinski definition) is 1. The summed E-state index contributed by atoms with van der Waals surface area (Å²) < 4.78 is 4.77. The number of rotatable bonds is 4. The minimum absolute atomic E-state index is 0.127. The van der Waals surface area contributed by atoms with Crippen LogP contribution in [-0.2, 0) is 9.53 Å². The second-order valence-electron chi connectivity index (χ2n) is 2.92. The van der Waals surface area contributed by atoms with Gasteiger partial charge in [-0.25, -0.2) is 4.79 Å². The summed E-state index contributed by atoms with van der Waals surface area (Å²) in [6, 6.07) is 8.45. The maximum absolute atomic E-state index is 11.4. The van der Waals surface area contributed by atoms with E-state index in [1.54, 1.807) is 30.3 Å². The highest BCUT2D eigenvalue weighted by Crippen LogP contribution is 2.00. The quantitative estimate of drug-likeness (QED) is 0.593. The number of terminal acetylenes is 1. The summed E-state index contributed by atoms with van der Waals surface area (Å²) in [5.74, 6) is 1.30. The van der Waals surface area contributed by atoms with E-state index in [0.29, 0.717) is 5.56 Å². The molecule has 16 heavy (non-hydrogen) atoms. The van der Waals surface area contributed by atoms with Gasteiger partial charge in [0.05, 0.1) is 12.1 Å². The molecular formula is C12H11NO3. The molecule has 0 radical (unpaired) electrons. The van der Waals surface area contributed by atoms with Crippen molar-refractivity contribution in [3.05, 3.63) is 35.9 Å². The second-order valence-corrected chi connectivity index (χ2v) is 2.92. The average Bonchev–Trinajstić information content (AvgIpc) is 2.34. The lowest BCUT2D eigenvalue weighted by atomic mass is 10.2. The van der Waals surface area contributed by atoms with Crippen molar-refractivity contribution in [2.75, 3.05) is 13.2 Å². The summed E-state index contributed by atoms with van der Waals surface area (Å²) in [5.41, 5.74) is 0.409. The molecule has 0 aliphatic heterocycles. The van der Waals surface area contributed by atoms with Crippen molar-refractivity contribution in [2.45, 2.75) is 0 Å². The van der Waals surface area contributed by atoms with Gasteiger partial charge in [0.25, 0.3) is 5.91 Å². The Bertz CT molecular complexity index is 406. The van der Waals surface area contributed by atoms with Crippen LogP contribution in [0, 0.1) is 12.3 Å². The fourth-order valence-electron chi connectivity index (χ4n) is 0.989. The molecule has 0 fully saturated rings. The van der Waals surface area contributed by atoms with E-state index in [1.807, 2.05) is 0 Å². The summed E-state index contributed by atoms with van der Waals surface area (Å²) >= 11 is 0. The zero-order valence-corrected chi connectivity index (χ0v) is 8.60. The molecule has 0 spiro atoms. The second kappa shape index (κ2) is 6.25. The van der Waals surface area contributed by atoms with Crippen LogP contribution < -0.4 is 5.32 Å². The SMILES string of the molecule is C#CCNC(=O)COC(=O)c1ccccc1. The maximum Gasteiger partial charge on any atom is 0.338 e. The van der Waals surface area contributed by atoms with Crippen LogP contribution in [0.3, 0.4) is 0 Å². The van der Waals surface area contributed by atoms with Gasteiger partial charge in [0.15, 0.2) is 6.61 Å². The van der Waals surface area contributed by atoms with E-state index in [2.05, 4.69) is 11.2 Å². The van der Waals surface area contributed by atoms with Gasteiger partial charge in [-0.3, -0.25) is 4.79 Å². The van der Waals surface area contributed by atoms with Gasteiger partial charge >= 0.3 is 5.97 Å². The van der Waals surface area contributed by atoms with Crippen molar-refractivity contribution >= 4 is 11.9 Å². The molecule has 1 N–H and O–H groups in total. The maximum atomic E-state index is 11.4. The number of carbonyl (C=O) groups is 2. The predicted molar refractivity (Wildman–Crippen MR) is 58.6 cm³/mol. The Kier molecular flexibility index (Phi) is 4.61. The molecule has 82 valence electrons. The minimum Gasteiger partial charge on any atom is -0.452 e. The lowest BCUT2D eigenvalue weighted by Gasteiger charge is -2.04. The molecule has 1 aromatic carbocycles. The molecule has 4 nitrogen and oxygen atoms in total. The monoisotopic (exact) mass is 217 g/mol. The van der Waals surface area contributed by atoms with Gasteiger partial charge in [0.1, 0.15) is 0 Å². The van der Waals surface area contributed by atoms with Crippen LogP contribution in [0.5, 0.6) is 0 Å². The molecule has 1 rings (SSSR count). The van der Waals surface area contributed by atoms with Gasteiger partial charge < -0.3 is 10.1 Å². The van der Waals surface area contributed by atoms with Crippen LogP contribution >= 0.6 is 0 Å². The molecule has 0 saturated carbocycles. The molecular weight excluding hydrogens is 206 g/mol. The summed E-state index contributed by atoms with van der Waals surface area (Å²) in [7, 11) is 0. The molecule has 4 heteroatoms. The van der Waals surface area contributed by atoms with Crippen LogP contribution in [0.4, 0.5) is 0 Å². The largest absolute Gasteiger partial charge is 0.452 e. The number of carbonyl (C=O) groups excluding carboxylic acids is 2. The first kappa shape index (κ1) is 11.8. The third kappa shape index (κ3) is 3.84. The van der Waals surface area contributed by atoms with E-state index >= 15 is 0 Å². The fraction of sp³-hybridized carbons (Fsp3) is 0.167. The molecule has 0 heterocycles. The Labute approximate surface area is 93.6 Å². The smallest absolute Gasteiger partial charge is 0.338 e. The average molecular weight is 217 g/mol. The van der Waals surface area contributed by atoms with E-state index in [4.69, 9.17) is 11.2 Å². The summed E-state index contributed by atoms with van der Waals surface area (Å²) in [4.78, 5) is 22.4.